The molecule has 0 saturated carbocycles. The Kier molecular flexibility index (Phi) is 3.29. The van der Waals surface area contributed by atoms with Crippen LogP contribution >= 0.6 is 0 Å². The second kappa shape index (κ2) is 5.09. The van der Waals surface area contributed by atoms with E-state index in [1.165, 1.54) is 11.3 Å². The van der Waals surface area contributed by atoms with Crippen molar-refractivity contribution in [3.8, 4) is 0 Å². The van der Waals surface area contributed by atoms with Gasteiger partial charge in [-0.15, -0.1) is 0 Å². The molecule has 2 aliphatic rings. The first-order valence-corrected chi connectivity index (χ1v) is 6.78. The van der Waals surface area contributed by atoms with Crippen molar-refractivity contribution in [1.82, 2.24) is 10.2 Å². The highest BCUT2D eigenvalue weighted by Gasteiger charge is 2.24. The zero-order chi connectivity index (χ0) is 13.2. The van der Waals surface area contributed by atoms with Gasteiger partial charge in [-0.2, -0.15) is 0 Å². The van der Waals surface area contributed by atoms with E-state index in [4.69, 9.17) is 0 Å². The number of para-hydroxylation sites is 1. The van der Waals surface area contributed by atoms with E-state index in [2.05, 4.69) is 22.3 Å². The summed E-state index contributed by atoms with van der Waals surface area (Å²) in [7, 11) is 0. The molecule has 102 valence electrons. The van der Waals surface area contributed by atoms with Crippen molar-refractivity contribution in [2.45, 2.75) is 12.5 Å². The van der Waals surface area contributed by atoms with Crippen LogP contribution in [0.25, 0.3) is 0 Å². The number of fused-ring (bicyclic) bond motifs is 1. The van der Waals surface area contributed by atoms with Crippen molar-refractivity contribution in [3.05, 3.63) is 29.8 Å². The van der Waals surface area contributed by atoms with E-state index >= 15 is 0 Å². The van der Waals surface area contributed by atoms with Gasteiger partial charge in [-0.25, -0.2) is 4.79 Å². The first-order chi connectivity index (χ1) is 9.24. The number of hydrogen-bond donors (Lipinski definition) is 2. The molecule has 1 aromatic rings. The normalized spacial score (nSPS) is 22.4. The smallest absolute Gasteiger partial charge is 0.317 e. The summed E-state index contributed by atoms with van der Waals surface area (Å²) in [4.78, 5) is 15.5. The highest BCUT2D eigenvalue weighted by molar-refractivity contribution is 5.76. The third-order valence-electron chi connectivity index (χ3n) is 3.80. The third kappa shape index (κ3) is 2.51. The van der Waals surface area contributed by atoms with Gasteiger partial charge in [0.2, 0.25) is 0 Å². The molecule has 2 aliphatic heterocycles. The summed E-state index contributed by atoms with van der Waals surface area (Å²) >= 11 is 0. The predicted octanol–water partition coefficient (Wildman–Crippen LogP) is 0.435. The molecule has 5 heteroatoms. The van der Waals surface area contributed by atoms with Gasteiger partial charge in [0.15, 0.2) is 0 Å². The van der Waals surface area contributed by atoms with Gasteiger partial charge in [-0.3, -0.25) is 0 Å². The van der Waals surface area contributed by atoms with Gasteiger partial charge in [-0.05, 0) is 11.6 Å². The number of carbonyl (C=O) groups excluding carboxylic acids is 1. The second-order valence-electron chi connectivity index (χ2n) is 5.15. The minimum atomic E-state index is -0.317. The molecular formula is C14H19N3O2. The predicted molar refractivity (Wildman–Crippen MR) is 73.3 cm³/mol. The molecule has 0 aromatic heterocycles. The largest absolute Gasteiger partial charge is 0.391 e. The summed E-state index contributed by atoms with van der Waals surface area (Å²) in [5.74, 6) is 0. The molecule has 1 fully saturated rings. The van der Waals surface area contributed by atoms with Crippen molar-refractivity contribution in [2.24, 2.45) is 0 Å². The summed E-state index contributed by atoms with van der Waals surface area (Å²) in [5, 5.41) is 12.7. The lowest BCUT2D eigenvalue weighted by Gasteiger charge is -2.35. The number of carbonyl (C=O) groups is 1. The van der Waals surface area contributed by atoms with Crippen LogP contribution in [0.3, 0.4) is 0 Å². The second-order valence-corrected chi connectivity index (χ2v) is 5.15. The van der Waals surface area contributed by atoms with Crippen LogP contribution in [0.2, 0.25) is 0 Å². The van der Waals surface area contributed by atoms with Crippen molar-refractivity contribution < 1.29 is 9.90 Å². The number of aliphatic hydroxyl groups is 1. The molecule has 0 spiro atoms. The Morgan fingerprint density at radius 2 is 2.05 bits per heavy atom. The van der Waals surface area contributed by atoms with E-state index in [1.807, 2.05) is 17.0 Å². The van der Waals surface area contributed by atoms with Crippen LogP contribution in [0.15, 0.2) is 24.3 Å². The van der Waals surface area contributed by atoms with Gasteiger partial charge in [0.1, 0.15) is 0 Å². The lowest BCUT2D eigenvalue weighted by Crippen LogP contribution is -2.43. The number of urea groups is 1. The fourth-order valence-electron chi connectivity index (χ4n) is 2.84. The van der Waals surface area contributed by atoms with E-state index in [9.17, 15) is 9.90 Å². The fourth-order valence-corrected chi connectivity index (χ4v) is 2.84. The SMILES string of the molecule is O=C1NCCN1CCN1CC(O)Cc2ccccc21. The van der Waals surface area contributed by atoms with Gasteiger partial charge in [0, 0.05) is 44.8 Å². The standard InChI is InChI=1S/C14H19N3O2/c18-12-9-11-3-1-2-4-13(11)17(10-12)8-7-16-6-5-15-14(16)19/h1-4,12,18H,5-10H2,(H,15,19). The summed E-state index contributed by atoms with van der Waals surface area (Å²) in [6.07, 6.45) is 0.402. The van der Waals surface area contributed by atoms with Gasteiger partial charge in [0.05, 0.1) is 6.10 Å². The third-order valence-corrected chi connectivity index (χ3v) is 3.80. The van der Waals surface area contributed by atoms with Crippen LogP contribution in [0, 0.1) is 0 Å². The van der Waals surface area contributed by atoms with Crippen molar-refractivity contribution in [2.75, 3.05) is 37.6 Å². The van der Waals surface area contributed by atoms with Crippen LogP contribution < -0.4 is 10.2 Å². The molecule has 0 aliphatic carbocycles. The fraction of sp³-hybridized carbons (Fsp3) is 0.500. The van der Waals surface area contributed by atoms with Crippen LogP contribution in [0.4, 0.5) is 10.5 Å². The Hall–Kier alpha value is -1.75. The minimum absolute atomic E-state index is 0.0193. The quantitative estimate of drug-likeness (QED) is 0.830. The zero-order valence-corrected chi connectivity index (χ0v) is 10.9. The number of benzene rings is 1. The van der Waals surface area contributed by atoms with E-state index in [0.717, 1.165) is 26.1 Å². The molecule has 5 nitrogen and oxygen atoms in total. The van der Waals surface area contributed by atoms with Crippen molar-refractivity contribution >= 4 is 11.7 Å². The molecular weight excluding hydrogens is 242 g/mol. The number of aliphatic hydroxyl groups excluding tert-OH is 1. The average molecular weight is 261 g/mol. The van der Waals surface area contributed by atoms with Crippen LogP contribution in [0.5, 0.6) is 0 Å². The van der Waals surface area contributed by atoms with Gasteiger partial charge >= 0.3 is 6.03 Å². The summed E-state index contributed by atoms with van der Waals surface area (Å²) < 4.78 is 0. The molecule has 1 saturated heterocycles. The minimum Gasteiger partial charge on any atom is -0.391 e. The average Bonchev–Trinajstić information content (AvgIpc) is 2.81. The van der Waals surface area contributed by atoms with Crippen LogP contribution in [-0.4, -0.2) is 54.9 Å². The summed E-state index contributed by atoms with van der Waals surface area (Å²) in [6, 6.07) is 8.19. The van der Waals surface area contributed by atoms with Crippen LogP contribution in [0.1, 0.15) is 5.56 Å². The highest BCUT2D eigenvalue weighted by Crippen LogP contribution is 2.26. The van der Waals surface area contributed by atoms with E-state index in [1.54, 1.807) is 0 Å². The van der Waals surface area contributed by atoms with Crippen molar-refractivity contribution in [1.29, 1.82) is 0 Å². The number of amides is 2. The van der Waals surface area contributed by atoms with Crippen molar-refractivity contribution in [3.63, 3.8) is 0 Å². The van der Waals surface area contributed by atoms with Gasteiger partial charge in [0.25, 0.3) is 0 Å². The first-order valence-electron chi connectivity index (χ1n) is 6.78. The lowest BCUT2D eigenvalue weighted by molar-refractivity contribution is 0.174. The first kappa shape index (κ1) is 12.3. The highest BCUT2D eigenvalue weighted by atomic mass is 16.3. The van der Waals surface area contributed by atoms with E-state index < -0.39 is 0 Å². The molecule has 0 bridgehead atoms. The Balaban J connectivity index is 1.69. The number of hydrogen-bond acceptors (Lipinski definition) is 3. The Morgan fingerprint density at radius 1 is 1.26 bits per heavy atom. The van der Waals surface area contributed by atoms with E-state index in [0.29, 0.717) is 13.1 Å². The molecule has 19 heavy (non-hydrogen) atoms. The molecule has 2 amide bonds. The maximum atomic E-state index is 11.5. The molecule has 2 N–H and O–H groups in total. The molecule has 0 radical (unpaired) electrons. The molecule has 1 aromatic carbocycles. The molecule has 1 atom stereocenters. The van der Waals surface area contributed by atoms with E-state index in [-0.39, 0.29) is 12.1 Å². The molecule has 2 heterocycles. The molecule has 3 rings (SSSR count). The number of β-amino-alcohol motifs (C(OH)–C–C–N with tert-alkyl or cyclic N) is 1. The summed E-state index contributed by atoms with van der Waals surface area (Å²) in [5.41, 5.74) is 2.37. The topological polar surface area (TPSA) is 55.8 Å². The zero-order valence-electron chi connectivity index (χ0n) is 10.9. The van der Waals surface area contributed by atoms with Crippen LogP contribution in [-0.2, 0) is 6.42 Å². The lowest BCUT2D eigenvalue weighted by atomic mass is 10.00. The maximum Gasteiger partial charge on any atom is 0.317 e. The monoisotopic (exact) mass is 261 g/mol. The Labute approximate surface area is 112 Å². The molecule has 1 unspecified atom stereocenters. The Bertz CT molecular complexity index is 478. The number of anilines is 1. The number of nitrogens with zero attached hydrogens (tertiary/aromatic N) is 2. The van der Waals surface area contributed by atoms with Gasteiger partial charge < -0.3 is 20.2 Å². The summed E-state index contributed by atoms with van der Waals surface area (Å²) in [6.45, 7) is 3.62. The number of nitrogens with one attached hydrogen (secondary N) is 1. The van der Waals surface area contributed by atoms with Gasteiger partial charge in [-0.1, -0.05) is 18.2 Å². The number of rotatable bonds is 3. The maximum absolute atomic E-state index is 11.5. The Morgan fingerprint density at radius 3 is 2.84 bits per heavy atom.